The fourth-order valence-corrected chi connectivity index (χ4v) is 2.18. The Kier molecular flexibility index (Phi) is 5.82. The molecule has 0 aliphatic rings. The van der Waals surface area contributed by atoms with Crippen LogP contribution in [0.1, 0.15) is 19.8 Å². The highest BCUT2D eigenvalue weighted by Crippen LogP contribution is 2.25. The number of anilines is 1. The van der Waals surface area contributed by atoms with Crippen molar-refractivity contribution in [3.8, 4) is 0 Å². The van der Waals surface area contributed by atoms with E-state index in [1.165, 1.54) is 12.8 Å². The quantitative estimate of drug-likeness (QED) is 0.847. The van der Waals surface area contributed by atoms with Gasteiger partial charge in [-0.1, -0.05) is 29.3 Å². The third-order valence-corrected chi connectivity index (χ3v) is 3.28. The smallest absolute Gasteiger partial charge is 0.139 e. The second-order valence-electron chi connectivity index (χ2n) is 4.13. The van der Waals surface area contributed by atoms with Crippen molar-refractivity contribution in [3.05, 3.63) is 29.0 Å². The molecular formula is C13H17BrClN3. The minimum absolute atomic E-state index is 0. The van der Waals surface area contributed by atoms with Gasteiger partial charge in [0.15, 0.2) is 0 Å². The second-order valence-corrected chi connectivity index (χ2v) is 5.05. The van der Waals surface area contributed by atoms with Crippen LogP contribution in [0.3, 0.4) is 0 Å². The minimum Gasteiger partial charge on any atom is -0.359 e. The van der Waals surface area contributed by atoms with Crippen molar-refractivity contribution in [2.75, 3.05) is 18.5 Å². The molecule has 0 radical (unpaired) electrons. The molecule has 0 saturated heterocycles. The number of rotatable bonds is 4. The first-order valence-corrected chi connectivity index (χ1v) is 6.63. The SMILES string of the molecule is CCCCN(C)c1ncnc2ccc(Br)cc12.Cl. The number of hydrogen-bond donors (Lipinski definition) is 0. The van der Waals surface area contributed by atoms with Crippen LogP contribution in [0.15, 0.2) is 29.0 Å². The van der Waals surface area contributed by atoms with Crippen LogP contribution in [0.2, 0.25) is 0 Å². The number of unbranched alkanes of at least 4 members (excludes halogenated alkanes) is 1. The molecule has 2 rings (SSSR count). The van der Waals surface area contributed by atoms with Gasteiger partial charge in [0.2, 0.25) is 0 Å². The molecule has 1 heterocycles. The van der Waals surface area contributed by atoms with Gasteiger partial charge in [0, 0.05) is 23.5 Å². The van der Waals surface area contributed by atoms with E-state index in [2.05, 4.69) is 50.8 Å². The molecule has 1 aromatic heterocycles. The van der Waals surface area contributed by atoms with E-state index in [-0.39, 0.29) is 12.4 Å². The van der Waals surface area contributed by atoms with Gasteiger partial charge < -0.3 is 4.90 Å². The minimum atomic E-state index is 0. The molecule has 0 unspecified atom stereocenters. The van der Waals surface area contributed by atoms with Crippen molar-refractivity contribution < 1.29 is 0 Å². The summed E-state index contributed by atoms with van der Waals surface area (Å²) in [6.45, 7) is 3.22. The molecule has 0 aliphatic heterocycles. The molecule has 0 bridgehead atoms. The standard InChI is InChI=1S/C13H16BrN3.ClH/c1-3-4-7-17(2)13-11-8-10(14)5-6-12(11)15-9-16-13;/h5-6,8-9H,3-4,7H2,1-2H3;1H. The van der Waals surface area contributed by atoms with Gasteiger partial charge in [-0.3, -0.25) is 0 Å². The van der Waals surface area contributed by atoms with Crippen LogP contribution in [-0.2, 0) is 0 Å². The van der Waals surface area contributed by atoms with Crippen molar-refractivity contribution in [3.63, 3.8) is 0 Å². The third-order valence-electron chi connectivity index (χ3n) is 2.78. The first-order valence-electron chi connectivity index (χ1n) is 5.83. The Bertz CT molecular complexity index is 519. The van der Waals surface area contributed by atoms with Gasteiger partial charge in [-0.2, -0.15) is 0 Å². The molecule has 3 nitrogen and oxygen atoms in total. The van der Waals surface area contributed by atoms with Crippen molar-refractivity contribution in [2.24, 2.45) is 0 Å². The molecule has 0 aliphatic carbocycles. The summed E-state index contributed by atoms with van der Waals surface area (Å²) in [7, 11) is 2.08. The second kappa shape index (κ2) is 6.90. The molecule has 1 aromatic carbocycles. The number of benzene rings is 1. The summed E-state index contributed by atoms with van der Waals surface area (Å²) in [4.78, 5) is 10.9. The van der Waals surface area contributed by atoms with E-state index < -0.39 is 0 Å². The maximum Gasteiger partial charge on any atom is 0.139 e. The Hall–Kier alpha value is -0.870. The van der Waals surface area contributed by atoms with Gasteiger partial charge in [0.1, 0.15) is 12.1 Å². The lowest BCUT2D eigenvalue weighted by molar-refractivity contribution is 0.761. The summed E-state index contributed by atoms with van der Waals surface area (Å²) in [6, 6.07) is 6.09. The van der Waals surface area contributed by atoms with Crippen LogP contribution in [0.4, 0.5) is 5.82 Å². The van der Waals surface area contributed by atoms with Crippen LogP contribution in [0.5, 0.6) is 0 Å². The van der Waals surface area contributed by atoms with Crippen LogP contribution < -0.4 is 4.90 Å². The molecule has 5 heteroatoms. The summed E-state index contributed by atoms with van der Waals surface area (Å²) in [5.74, 6) is 1.00. The molecule has 0 atom stereocenters. The Morgan fingerprint density at radius 2 is 2.06 bits per heavy atom. The summed E-state index contributed by atoms with van der Waals surface area (Å²) in [5.41, 5.74) is 0.988. The Balaban J connectivity index is 0.00000162. The number of halogens is 2. The fraction of sp³-hybridized carbons (Fsp3) is 0.385. The zero-order valence-electron chi connectivity index (χ0n) is 10.6. The Morgan fingerprint density at radius 1 is 1.28 bits per heavy atom. The molecule has 0 saturated carbocycles. The summed E-state index contributed by atoms with van der Waals surface area (Å²) < 4.78 is 1.06. The average molecular weight is 331 g/mol. The molecule has 2 aromatic rings. The van der Waals surface area contributed by atoms with E-state index in [0.717, 1.165) is 27.7 Å². The van der Waals surface area contributed by atoms with Gasteiger partial charge in [-0.05, 0) is 24.6 Å². The van der Waals surface area contributed by atoms with E-state index in [1.54, 1.807) is 6.33 Å². The van der Waals surface area contributed by atoms with E-state index in [4.69, 9.17) is 0 Å². The maximum atomic E-state index is 4.39. The Morgan fingerprint density at radius 3 is 2.78 bits per heavy atom. The monoisotopic (exact) mass is 329 g/mol. The van der Waals surface area contributed by atoms with Crippen molar-refractivity contribution in [1.82, 2.24) is 9.97 Å². The summed E-state index contributed by atoms with van der Waals surface area (Å²) in [6.07, 6.45) is 4.00. The highest BCUT2D eigenvalue weighted by atomic mass is 79.9. The van der Waals surface area contributed by atoms with Gasteiger partial charge in [-0.15, -0.1) is 12.4 Å². The first-order chi connectivity index (χ1) is 8.22. The average Bonchev–Trinajstić information content (AvgIpc) is 2.35. The topological polar surface area (TPSA) is 29.0 Å². The van der Waals surface area contributed by atoms with Gasteiger partial charge >= 0.3 is 0 Å². The van der Waals surface area contributed by atoms with Gasteiger partial charge in [0.05, 0.1) is 5.52 Å². The molecule has 0 fully saturated rings. The van der Waals surface area contributed by atoms with E-state index in [0.29, 0.717) is 0 Å². The van der Waals surface area contributed by atoms with E-state index in [1.807, 2.05) is 12.1 Å². The van der Waals surface area contributed by atoms with Crippen LogP contribution >= 0.6 is 28.3 Å². The number of nitrogens with zero attached hydrogens (tertiary/aromatic N) is 3. The lowest BCUT2D eigenvalue weighted by Crippen LogP contribution is -2.19. The van der Waals surface area contributed by atoms with Gasteiger partial charge in [-0.25, -0.2) is 9.97 Å². The van der Waals surface area contributed by atoms with Crippen LogP contribution in [0.25, 0.3) is 10.9 Å². The van der Waals surface area contributed by atoms with Crippen LogP contribution in [-0.4, -0.2) is 23.6 Å². The van der Waals surface area contributed by atoms with Gasteiger partial charge in [0.25, 0.3) is 0 Å². The van der Waals surface area contributed by atoms with Crippen molar-refractivity contribution in [2.45, 2.75) is 19.8 Å². The van der Waals surface area contributed by atoms with Crippen LogP contribution in [0, 0.1) is 0 Å². The molecule has 18 heavy (non-hydrogen) atoms. The summed E-state index contributed by atoms with van der Waals surface area (Å²) in [5, 5.41) is 1.10. The Labute approximate surface area is 122 Å². The molecular weight excluding hydrogens is 314 g/mol. The zero-order valence-corrected chi connectivity index (χ0v) is 13.0. The van der Waals surface area contributed by atoms with E-state index >= 15 is 0 Å². The normalized spacial score (nSPS) is 10.2. The lowest BCUT2D eigenvalue weighted by Gasteiger charge is -2.19. The molecule has 0 spiro atoms. The zero-order chi connectivity index (χ0) is 12.3. The number of hydrogen-bond acceptors (Lipinski definition) is 3. The molecule has 0 amide bonds. The first kappa shape index (κ1) is 15.2. The number of aromatic nitrogens is 2. The predicted molar refractivity (Wildman–Crippen MR) is 82.7 cm³/mol. The summed E-state index contributed by atoms with van der Waals surface area (Å²) >= 11 is 3.49. The maximum absolute atomic E-state index is 4.39. The van der Waals surface area contributed by atoms with Crippen molar-refractivity contribution >= 4 is 45.1 Å². The van der Waals surface area contributed by atoms with Crippen molar-refractivity contribution in [1.29, 1.82) is 0 Å². The predicted octanol–water partition coefficient (Wildman–Crippen LogP) is 4.05. The fourth-order valence-electron chi connectivity index (χ4n) is 1.82. The van der Waals surface area contributed by atoms with E-state index in [9.17, 15) is 0 Å². The molecule has 98 valence electrons. The third kappa shape index (κ3) is 3.33. The molecule has 0 N–H and O–H groups in total. The largest absolute Gasteiger partial charge is 0.359 e. The highest BCUT2D eigenvalue weighted by Gasteiger charge is 2.08. The lowest BCUT2D eigenvalue weighted by atomic mass is 10.2. The highest BCUT2D eigenvalue weighted by molar-refractivity contribution is 9.10. The number of fused-ring (bicyclic) bond motifs is 1.